The molecule has 2 heterocycles. The molecule has 2 saturated heterocycles. The van der Waals surface area contributed by atoms with Gasteiger partial charge in [-0.1, -0.05) is 6.42 Å². The van der Waals surface area contributed by atoms with Crippen LogP contribution in [0.5, 0.6) is 0 Å². The lowest BCUT2D eigenvalue weighted by atomic mass is 9.99. The van der Waals surface area contributed by atoms with Gasteiger partial charge in [-0.25, -0.2) is 0 Å². The maximum atomic E-state index is 11.5. The minimum absolute atomic E-state index is 0.147. The van der Waals surface area contributed by atoms with Crippen LogP contribution < -0.4 is 5.73 Å². The third-order valence-electron chi connectivity index (χ3n) is 4.64. The third-order valence-corrected chi connectivity index (χ3v) is 4.64. The number of amides is 1. The molecule has 2 aliphatic rings. The first kappa shape index (κ1) is 15.7. The zero-order valence-corrected chi connectivity index (χ0v) is 12.2. The molecule has 6 nitrogen and oxygen atoms in total. The number of primary amides is 1. The van der Waals surface area contributed by atoms with Gasteiger partial charge in [-0.2, -0.15) is 0 Å². The number of likely N-dealkylation sites (tertiary alicyclic amines) is 2. The van der Waals surface area contributed by atoms with E-state index in [-0.39, 0.29) is 18.0 Å². The smallest absolute Gasteiger partial charge is 0.234 e. The molecule has 0 aromatic rings. The summed E-state index contributed by atoms with van der Waals surface area (Å²) >= 11 is 0. The van der Waals surface area contributed by atoms with Crippen LogP contribution in [-0.4, -0.2) is 76.4 Å². The third kappa shape index (κ3) is 3.69. The first-order valence-electron chi connectivity index (χ1n) is 7.62. The monoisotopic (exact) mass is 285 g/mol. The van der Waals surface area contributed by atoms with Gasteiger partial charge in [-0.3, -0.25) is 14.6 Å². The number of carbonyl (C=O) groups is 1. The molecule has 0 saturated carbocycles. The molecule has 20 heavy (non-hydrogen) atoms. The number of nitrogens with zero attached hydrogens (tertiary/aromatic N) is 2. The number of piperidine rings is 2. The lowest BCUT2D eigenvalue weighted by Gasteiger charge is -2.41. The molecular weight excluding hydrogens is 258 g/mol. The fraction of sp³-hybridized carbons (Fsp3) is 0.929. The summed E-state index contributed by atoms with van der Waals surface area (Å²) in [5, 5.41) is 19.3. The van der Waals surface area contributed by atoms with E-state index in [2.05, 4.69) is 16.7 Å². The molecule has 3 unspecified atom stereocenters. The quantitative estimate of drug-likeness (QED) is 0.625. The van der Waals surface area contributed by atoms with Gasteiger partial charge in [-0.05, 0) is 32.7 Å². The van der Waals surface area contributed by atoms with Gasteiger partial charge in [0.05, 0.1) is 18.2 Å². The van der Waals surface area contributed by atoms with Gasteiger partial charge < -0.3 is 15.9 Å². The van der Waals surface area contributed by atoms with E-state index in [1.54, 1.807) is 0 Å². The highest BCUT2D eigenvalue weighted by molar-refractivity contribution is 5.79. The lowest BCUT2D eigenvalue weighted by molar-refractivity contribution is -0.125. The Morgan fingerprint density at radius 3 is 2.65 bits per heavy atom. The molecule has 2 fully saturated rings. The molecular formula is C14H27N3O3. The molecule has 2 rings (SSSR count). The molecule has 2 aliphatic heterocycles. The van der Waals surface area contributed by atoms with Crippen molar-refractivity contribution in [2.24, 2.45) is 5.73 Å². The van der Waals surface area contributed by atoms with Crippen LogP contribution >= 0.6 is 0 Å². The van der Waals surface area contributed by atoms with Gasteiger partial charge in [0, 0.05) is 25.7 Å². The van der Waals surface area contributed by atoms with Crippen LogP contribution in [0, 0.1) is 0 Å². The van der Waals surface area contributed by atoms with Gasteiger partial charge >= 0.3 is 0 Å². The van der Waals surface area contributed by atoms with E-state index in [4.69, 9.17) is 5.73 Å². The van der Waals surface area contributed by atoms with Gasteiger partial charge in [0.2, 0.25) is 5.91 Å². The van der Waals surface area contributed by atoms with E-state index < -0.39 is 12.2 Å². The summed E-state index contributed by atoms with van der Waals surface area (Å²) in [7, 11) is 0. The predicted octanol–water partition coefficient (Wildman–Crippen LogP) is -0.858. The average molecular weight is 285 g/mol. The van der Waals surface area contributed by atoms with Crippen LogP contribution in [0.15, 0.2) is 0 Å². The van der Waals surface area contributed by atoms with E-state index in [0.29, 0.717) is 13.0 Å². The summed E-state index contributed by atoms with van der Waals surface area (Å²) in [6, 6.07) is 0.101. The zero-order valence-electron chi connectivity index (χ0n) is 12.2. The molecule has 0 bridgehead atoms. The summed E-state index contributed by atoms with van der Waals surface area (Å²) in [6.07, 6.45) is 2.35. The van der Waals surface area contributed by atoms with Crippen molar-refractivity contribution in [3.8, 4) is 0 Å². The van der Waals surface area contributed by atoms with E-state index in [1.165, 1.54) is 0 Å². The second-order valence-electron chi connectivity index (χ2n) is 6.18. The summed E-state index contributed by atoms with van der Waals surface area (Å²) in [5.74, 6) is -0.231. The van der Waals surface area contributed by atoms with Crippen LogP contribution in [0.2, 0.25) is 0 Å². The Hall–Kier alpha value is -0.690. The highest BCUT2D eigenvalue weighted by Gasteiger charge is 2.32. The summed E-state index contributed by atoms with van der Waals surface area (Å²) < 4.78 is 0. The highest BCUT2D eigenvalue weighted by Crippen LogP contribution is 2.20. The number of hydrogen-bond donors (Lipinski definition) is 3. The standard InChI is InChI=1S/C14H27N3O3/c1-10(16-7-5-12(18)13(19)9-16)8-17-6-3-2-4-11(17)14(15)20/h10-13,18-19H,2-9H2,1H3,(H2,15,20)/t10-,11?,12?,13?/m0/s1. The Bertz CT molecular complexity index is 340. The molecule has 0 aromatic carbocycles. The van der Waals surface area contributed by atoms with Gasteiger partial charge in [0.25, 0.3) is 0 Å². The first-order chi connectivity index (χ1) is 9.49. The molecule has 0 radical (unpaired) electrons. The molecule has 1 amide bonds. The average Bonchev–Trinajstić information content (AvgIpc) is 2.42. The van der Waals surface area contributed by atoms with E-state index >= 15 is 0 Å². The number of nitrogens with two attached hydrogens (primary N) is 1. The molecule has 4 N–H and O–H groups in total. The molecule has 6 heteroatoms. The van der Waals surface area contributed by atoms with Crippen molar-refractivity contribution in [3.05, 3.63) is 0 Å². The highest BCUT2D eigenvalue weighted by atomic mass is 16.3. The van der Waals surface area contributed by atoms with Crippen molar-refractivity contribution in [2.45, 2.75) is 56.9 Å². The summed E-state index contributed by atoms with van der Waals surface area (Å²) in [5.41, 5.74) is 5.48. The predicted molar refractivity (Wildman–Crippen MR) is 76.1 cm³/mol. The maximum Gasteiger partial charge on any atom is 0.234 e. The SMILES string of the molecule is C[C@@H](CN1CCCCC1C(N)=O)N1CCC(O)C(O)C1. The van der Waals surface area contributed by atoms with Crippen molar-refractivity contribution >= 4 is 5.91 Å². The van der Waals surface area contributed by atoms with Crippen molar-refractivity contribution in [1.29, 1.82) is 0 Å². The zero-order chi connectivity index (χ0) is 14.7. The molecule has 4 atom stereocenters. The van der Waals surface area contributed by atoms with Gasteiger partial charge in [-0.15, -0.1) is 0 Å². The van der Waals surface area contributed by atoms with Crippen LogP contribution in [0.1, 0.15) is 32.6 Å². The fourth-order valence-electron chi connectivity index (χ4n) is 3.33. The van der Waals surface area contributed by atoms with Crippen LogP contribution in [-0.2, 0) is 4.79 Å². The molecule has 116 valence electrons. The van der Waals surface area contributed by atoms with Crippen molar-refractivity contribution < 1.29 is 15.0 Å². The van der Waals surface area contributed by atoms with E-state index in [9.17, 15) is 15.0 Å². The number of hydrogen-bond acceptors (Lipinski definition) is 5. The Morgan fingerprint density at radius 2 is 2.00 bits per heavy atom. The van der Waals surface area contributed by atoms with Crippen molar-refractivity contribution in [3.63, 3.8) is 0 Å². The first-order valence-corrected chi connectivity index (χ1v) is 7.62. The molecule has 0 spiro atoms. The Balaban J connectivity index is 1.89. The van der Waals surface area contributed by atoms with E-state index in [1.807, 2.05) is 0 Å². The minimum atomic E-state index is -0.667. The minimum Gasteiger partial charge on any atom is -0.390 e. The van der Waals surface area contributed by atoms with Crippen LogP contribution in [0.25, 0.3) is 0 Å². The number of rotatable bonds is 4. The van der Waals surface area contributed by atoms with Gasteiger partial charge in [0.15, 0.2) is 0 Å². The Labute approximate surface area is 120 Å². The van der Waals surface area contributed by atoms with Crippen molar-refractivity contribution in [2.75, 3.05) is 26.2 Å². The lowest BCUT2D eigenvalue weighted by Crippen LogP contribution is -2.56. The number of aliphatic hydroxyl groups is 2. The second-order valence-corrected chi connectivity index (χ2v) is 6.18. The second kappa shape index (κ2) is 6.85. The van der Waals surface area contributed by atoms with Crippen LogP contribution in [0.4, 0.5) is 0 Å². The number of aliphatic hydroxyl groups excluding tert-OH is 2. The fourth-order valence-corrected chi connectivity index (χ4v) is 3.33. The summed E-state index contributed by atoms with van der Waals surface area (Å²) in [4.78, 5) is 15.9. The van der Waals surface area contributed by atoms with Crippen LogP contribution in [0.3, 0.4) is 0 Å². The Kier molecular flexibility index (Phi) is 5.37. The van der Waals surface area contributed by atoms with E-state index in [0.717, 1.165) is 38.9 Å². The van der Waals surface area contributed by atoms with Crippen molar-refractivity contribution in [1.82, 2.24) is 9.80 Å². The number of β-amino-alcohol motifs (C(OH)–C–C–N with tert-alkyl or cyclic N) is 1. The van der Waals surface area contributed by atoms with Gasteiger partial charge in [0.1, 0.15) is 0 Å². The topological polar surface area (TPSA) is 90.0 Å². The number of carbonyl (C=O) groups excluding carboxylic acids is 1. The molecule has 0 aliphatic carbocycles. The molecule has 0 aromatic heterocycles. The largest absolute Gasteiger partial charge is 0.390 e. The maximum absolute atomic E-state index is 11.5. The Morgan fingerprint density at radius 1 is 1.25 bits per heavy atom. The normalized spacial score (nSPS) is 34.9. The summed E-state index contributed by atoms with van der Waals surface area (Å²) in [6.45, 7) is 5.09.